The van der Waals surface area contributed by atoms with Gasteiger partial charge < -0.3 is 0 Å². The van der Waals surface area contributed by atoms with Gasteiger partial charge in [-0.3, -0.25) is 0 Å². The van der Waals surface area contributed by atoms with E-state index in [1.165, 1.54) is 0 Å². The van der Waals surface area contributed by atoms with Crippen molar-refractivity contribution in [1.29, 1.82) is 0 Å². The normalized spacial score (nSPS) is 24.3. The van der Waals surface area contributed by atoms with E-state index in [0.717, 1.165) is 11.1 Å². The molecule has 2 unspecified atom stereocenters. The van der Waals surface area contributed by atoms with Gasteiger partial charge in [-0.25, -0.2) is 29.3 Å². The minimum absolute atomic E-state index is 0.466. The lowest BCUT2D eigenvalue weighted by molar-refractivity contribution is -0.414. The van der Waals surface area contributed by atoms with Crippen molar-refractivity contribution in [3.63, 3.8) is 0 Å². The molecule has 0 N–H and O–H groups in total. The first-order valence-corrected chi connectivity index (χ1v) is 11.9. The van der Waals surface area contributed by atoms with Crippen LogP contribution in [0.2, 0.25) is 0 Å². The quantitative estimate of drug-likeness (QED) is 0.214. The van der Waals surface area contributed by atoms with Gasteiger partial charge in [0.25, 0.3) is 0 Å². The molecule has 1 aliphatic carbocycles. The van der Waals surface area contributed by atoms with Crippen molar-refractivity contribution in [3.8, 4) is 0 Å². The number of hydrogen-bond acceptors (Lipinski definition) is 6. The Hall–Kier alpha value is -1.54. The number of hydrogen-bond donors (Lipinski definition) is 0. The first kappa shape index (κ1) is 28.7. The molecule has 1 aromatic carbocycles. The molecular formula is C28H44O6. The van der Waals surface area contributed by atoms with Crippen molar-refractivity contribution < 1.29 is 29.3 Å². The summed E-state index contributed by atoms with van der Waals surface area (Å²) in [6, 6.07) is 9.96. The number of rotatable bonds is 9. The second-order valence-corrected chi connectivity index (χ2v) is 12.3. The summed E-state index contributed by atoms with van der Waals surface area (Å²) in [5.41, 5.74) is -2.53. The van der Waals surface area contributed by atoms with Gasteiger partial charge in [0.2, 0.25) is 0 Å². The lowest BCUT2D eigenvalue weighted by Crippen LogP contribution is -2.48. The van der Waals surface area contributed by atoms with Crippen LogP contribution in [0.15, 0.2) is 54.1 Å². The Kier molecular flexibility index (Phi) is 8.31. The third-order valence-electron chi connectivity index (χ3n) is 5.21. The SMILES string of the molecule is CC(C)(C)OOC1(C)C=CC(C)(OOC(C)(C)C)C(C(C)(C)OOC(C)(C)c2ccccc2)=C1. The fourth-order valence-electron chi connectivity index (χ4n) is 3.36. The number of benzene rings is 1. The Labute approximate surface area is 206 Å². The van der Waals surface area contributed by atoms with E-state index in [4.69, 9.17) is 29.3 Å². The average molecular weight is 477 g/mol. The molecule has 0 radical (unpaired) electrons. The van der Waals surface area contributed by atoms with E-state index in [1.54, 1.807) is 0 Å². The molecule has 1 aromatic rings. The topological polar surface area (TPSA) is 55.4 Å². The molecule has 0 aliphatic heterocycles. The van der Waals surface area contributed by atoms with Crippen molar-refractivity contribution in [3.05, 3.63) is 59.7 Å². The second-order valence-electron chi connectivity index (χ2n) is 12.3. The molecule has 0 aromatic heterocycles. The van der Waals surface area contributed by atoms with Crippen LogP contribution in [0, 0.1) is 0 Å². The molecule has 2 atom stereocenters. The smallest absolute Gasteiger partial charge is 0.143 e. The maximum absolute atomic E-state index is 6.12. The zero-order valence-electron chi connectivity index (χ0n) is 23.1. The highest BCUT2D eigenvalue weighted by molar-refractivity contribution is 5.40. The van der Waals surface area contributed by atoms with Gasteiger partial charge >= 0.3 is 0 Å². The van der Waals surface area contributed by atoms with Crippen LogP contribution < -0.4 is 0 Å². The molecule has 6 nitrogen and oxygen atoms in total. The van der Waals surface area contributed by atoms with Gasteiger partial charge in [0.05, 0.1) is 11.2 Å². The van der Waals surface area contributed by atoms with Crippen molar-refractivity contribution in [2.24, 2.45) is 0 Å². The maximum atomic E-state index is 6.12. The van der Waals surface area contributed by atoms with E-state index in [0.29, 0.717) is 0 Å². The minimum Gasteiger partial charge on any atom is -0.230 e. The molecular weight excluding hydrogens is 432 g/mol. The van der Waals surface area contributed by atoms with Crippen LogP contribution in [0.5, 0.6) is 0 Å². The summed E-state index contributed by atoms with van der Waals surface area (Å²) in [5, 5.41) is 0. The third-order valence-corrected chi connectivity index (χ3v) is 5.21. The molecule has 0 saturated heterocycles. The minimum atomic E-state index is -0.929. The van der Waals surface area contributed by atoms with Crippen LogP contribution >= 0.6 is 0 Å². The third kappa shape index (κ3) is 8.01. The lowest BCUT2D eigenvalue weighted by atomic mass is 9.77. The Morgan fingerprint density at radius 3 is 1.62 bits per heavy atom. The summed E-state index contributed by atoms with van der Waals surface area (Å²) in [7, 11) is 0. The van der Waals surface area contributed by atoms with Crippen LogP contribution in [-0.2, 0) is 34.9 Å². The lowest BCUT2D eigenvalue weighted by Gasteiger charge is -2.43. The molecule has 0 amide bonds. The molecule has 0 bridgehead atoms. The van der Waals surface area contributed by atoms with Gasteiger partial charge in [0.15, 0.2) is 0 Å². The molecule has 0 fully saturated rings. The van der Waals surface area contributed by atoms with Gasteiger partial charge in [-0.1, -0.05) is 30.3 Å². The highest BCUT2D eigenvalue weighted by Gasteiger charge is 2.47. The molecule has 6 heteroatoms. The zero-order valence-corrected chi connectivity index (χ0v) is 23.1. The summed E-state index contributed by atoms with van der Waals surface area (Å²) in [5.74, 6) is 0. The highest BCUT2D eigenvalue weighted by atomic mass is 17.2. The van der Waals surface area contributed by atoms with Gasteiger partial charge in [0, 0.05) is 5.57 Å². The van der Waals surface area contributed by atoms with Crippen molar-refractivity contribution in [2.75, 3.05) is 0 Å². The van der Waals surface area contributed by atoms with E-state index in [-0.39, 0.29) is 0 Å². The summed E-state index contributed by atoms with van der Waals surface area (Å²) in [6.07, 6.45) is 5.76. The molecule has 0 spiro atoms. The first-order valence-electron chi connectivity index (χ1n) is 11.9. The first-order chi connectivity index (χ1) is 15.3. The zero-order chi connectivity index (χ0) is 26.1. The van der Waals surface area contributed by atoms with Gasteiger partial charge in [0.1, 0.15) is 22.4 Å². The second kappa shape index (κ2) is 9.84. The molecule has 1 aliphatic rings. The summed E-state index contributed by atoms with van der Waals surface area (Å²) in [4.78, 5) is 35.4. The van der Waals surface area contributed by atoms with Crippen molar-refractivity contribution in [2.45, 2.75) is 117 Å². The monoisotopic (exact) mass is 476 g/mol. The maximum Gasteiger partial charge on any atom is 0.143 e. The Bertz CT molecular complexity index is 872. The predicted molar refractivity (Wildman–Crippen MR) is 134 cm³/mol. The fraction of sp³-hybridized carbons (Fsp3) is 0.643. The van der Waals surface area contributed by atoms with Crippen LogP contribution in [0.25, 0.3) is 0 Å². The predicted octanol–water partition coefficient (Wildman–Crippen LogP) is 7.16. The van der Waals surface area contributed by atoms with Gasteiger partial charge in [-0.15, -0.1) is 0 Å². The van der Waals surface area contributed by atoms with E-state index in [9.17, 15) is 0 Å². The van der Waals surface area contributed by atoms with Crippen LogP contribution in [0.3, 0.4) is 0 Å². The van der Waals surface area contributed by atoms with E-state index in [1.807, 2.05) is 132 Å². The largest absolute Gasteiger partial charge is 0.230 e. The van der Waals surface area contributed by atoms with Crippen LogP contribution in [-0.4, -0.2) is 28.0 Å². The van der Waals surface area contributed by atoms with E-state index in [2.05, 4.69) is 0 Å². The molecule has 34 heavy (non-hydrogen) atoms. The summed E-state index contributed by atoms with van der Waals surface area (Å²) < 4.78 is 0. The highest BCUT2D eigenvalue weighted by Crippen LogP contribution is 2.42. The Morgan fingerprint density at radius 2 is 1.09 bits per heavy atom. The summed E-state index contributed by atoms with van der Waals surface area (Å²) >= 11 is 0. The molecule has 0 saturated carbocycles. The molecule has 2 rings (SSSR count). The van der Waals surface area contributed by atoms with Crippen molar-refractivity contribution in [1.82, 2.24) is 0 Å². The summed E-state index contributed by atoms with van der Waals surface area (Å²) in [6.45, 7) is 23.3. The average Bonchev–Trinajstić information content (AvgIpc) is 2.72. The molecule has 0 heterocycles. The van der Waals surface area contributed by atoms with Crippen LogP contribution in [0.4, 0.5) is 0 Å². The fourth-order valence-corrected chi connectivity index (χ4v) is 3.36. The molecule has 192 valence electrons. The van der Waals surface area contributed by atoms with Gasteiger partial charge in [-0.2, -0.15) is 0 Å². The van der Waals surface area contributed by atoms with E-state index >= 15 is 0 Å². The van der Waals surface area contributed by atoms with Crippen LogP contribution in [0.1, 0.15) is 88.6 Å². The Balaban J connectivity index is 2.36. The van der Waals surface area contributed by atoms with E-state index < -0.39 is 33.6 Å². The van der Waals surface area contributed by atoms with Crippen molar-refractivity contribution >= 4 is 0 Å². The van der Waals surface area contributed by atoms with Gasteiger partial charge in [-0.05, 0) is 107 Å². The Morgan fingerprint density at radius 1 is 0.588 bits per heavy atom. The standard InChI is InChI=1S/C28H44O6/c1-23(2,3)29-33-27(11)18-19-28(12,34-30-24(4,5)6)22(20-27)26(9,10)32-31-25(7,8)21-16-14-13-15-17-21/h13-20H,1-12H3.